The molecule has 1 N–H and O–H groups in total. The number of benzene rings is 1. The molecule has 1 aromatic carbocycles. The van der Waals surface area contributed by atoms with Gasteiger partial charge >= 0.3 is 0 Å². The van der Waals surface area contributed by atoms with E-state index in [9.17, 15) is 0 Å². The number of piperazine rings is 3. The second-order valence-electron chi connectivity index (χ2n) is 7.04. The molecule has 6 rings (SSSR count). The number of nitrogens with one attached hydrogen (secondary N) is 1. The fourth-order valence-corrected chi connectivity index (χ4v) is 4.41. The minimum atomic E-state index is 0.525. The molecular weight excluding hydrogens is 385 g/mol. The molecule has 0 saturated carbocycles. The average molecular weight is 404 g/mol. The number of nitrogens with zero attached hydrogens (tertiary/aromatic N) is 6. The lowest BCUT2D eigenvalue weighted by molar-refractivity contribution is 0.0189. The Morgan fingerprint density at radius 2 is 1.78 bits per heavy atom. The van der Waals surface area contributed by atoms with Gasteiger partial charge in [-0.15, -0.1) is 15.3 Å². The smallest absolute Gasteiger partial charge is 0.185 e. The van der Waals surface area contributed by atoms with E-state index in [0.717, 1.165) is 37.6 Å². The van der Waals surface area contributed by atoms with E-state index in [1.807, 2.05) is 24.3 Å². The van der Waals surface area contributed by atoms with E-state index in [2.05, 4.69) is 30.4 Å². The lowest BCUT2D eigenvalue weighted by Gasteiger charge is -2.47. The summed E-state index contributed by atoms with van der Waals surface area (Å²) in [6.07, 6.45) is 0. The van der Waals surface area contributed by atoms with Gasteiger partial charge in [-0.25, -0.2) is 0 Å². The third-order valence-electron chi connectivity index (χ3n) is 5.29. The molecule has 2 aromatic heterocycles. The number of fused-ring (bicyclic) bond motifs is 4. The molecule has 27 heavy (non-hydrogen) atoms. The molecule has 3 aromatic rings. The highest BCUT2D eigenvalue weighted by molar-refractivity contribution is 6.35. The molecule has 0 amide bonds. The van der Waals surface area contributed by atoms with Crippen molar-refractivity contribution < 1.29 is 0 Å². The van der Waals surface area contributed by atoms with Crippen LogP contribution >= 0.6 is 23.2 Å². The SMILES string of the molecule is Clc1cc(Cl)cc(-c2nnc3ccc(NCC4CN5CCN4CC5)nn23)c1. The summed E-state index contributed by atoms with van der Waals surface area (Å²) in [6, 6.07) is 9.69. The van der Waals surface area contributed by atoms with Gasteiger partial charge < -0.3 is 5.32 Å². The third-order valence-corrected chi connectivity index (χ3v) is 5.73. The predicted octanol–water partition coefficient (Wildman–Crippen LogP) is 2.51. The lowest BCUT2D eigenvalue weighted by Crippen LogP contribution is -2.62. The Morgan fingerprint density at radius 1 is 1.00 bits per heavy atom. The van der Waals surface area contributed by atoms with Gasteiger partial charge in [0.25, 0.3) is 0 Å². The van der Waals surface area contributed by atoms with E-state index in [4.69, 9.17) is 23.2 Å². The molecule has 2 bridgehead atoms. The van der Waals surface area contributed by atoms with E-state index in [-0.39, 0.29) is 0 Å². The molecule has 7 nitrogen and oxygen atoms in total. The van der Waals surface area contributed by atoms with Crippen molar-refractivity contribution in [1.29, 1.82) is 0 Å². The highest BCUT2D eigenvalue weighted by Gasteiger charge is 2.31. The van der Waals surface area contributed by atoms with Crippen molar-refractivity contribution >= 4 is 34.7 Å². The molecule has 0 spiro atoms. The summed E-state index contributed by atoms with van der Waals surface area (Å²) in [7, 11) is 0. The molecular formula is C18H19Cl2N7. The Hall–Kier alpha value is -1.93. The van der Waals surface area contributed by atoms with Crippen LogP contribution in [0.3, 0.4) is 0 Å². The van der Waals surface area contributed by atoms with Crippen molar-refractivity contribution in [3.8, 4) is 11.4 Å². The molecule has 3 saturated heterocycles. The summed E-state index contributed by atoms with van der Waals surface area (Å²) in [5.41, 5.74) is 1.46. The van der Waals surface area contributed by atoms with E-state index in [1.54, 1.807) is 10.6 Å². The van der Waals surface area contributed by atoms with Crippen LogP contribution in [0.5, 0.6) is 0 Å². The molecule has 3 fully saturated rings. The molecule has 5 heterocycles. The Morgan fingerprint density at radius 3 is 2.48 bits per heavy atom. The van der Waals surface area contributed by atoms with E-state index in [1.165, 1.54) is 13.1 Å². The first-order chi connectivity index (χ1) is 13.2. The number of halogens is 2. The van der Waals surface area contributed by atoms with Crippen molar-refractivity contribution in [1.82, 2.24) is 29.6 Å². The summed E-state index contributed by atoms with van der Waals surface area (Å²) < 4.78 is 1.72. The van der Waals surface area contributed by atoms with E-state index < -0.39 is 0 Å². The summed E-state index contributed by atoms with van der Waals surface area (Å²) in [6.45, 7) is 6.68. The lowest BCUT2D eigenvalue weighted by atomic mass is 10.1. The molecule has 0 aliphatic carbocycles. The van der Waals surface area contributed by atoms with Crippen molar-refractivity contribution in [2.75, 3.05) is 44.6 Å². The maximum atomic E-state index is 6.13. The van der Waals surface area contributed by atoms with Crippen LogP contribution in [0.15, 0.2) is 30.3 Å². The van der Waals surface area contributed by atoms with E-state index >= 15 is 0 Å². The number of hydrogen-bond donors (Lipinski definition) is 1. The standard InChI is InChI=1S/C18H19Cl2N7/c19-13-7-12(8-14(20)9-13)18-23-22-17-2-1-16(24-27(17)18)21-10-15-11-25-3-5-26(15)6-4-25/h1-2,7-9,15H,3-6,10-11H2,(H,21,24). The largest absolute Gasteiger partial charge is 0.367 e. The first kappa shape index (κ1) is 17.2. The van der Waals surface area contributed by atoms with Crippen molar-refractivity contribution in [2.24, 2.45) is 0 Å². The molecule has 9 heteroatoms. The fourth-order valence-electron chi connectivity index (χ4n) is 3.89. The minimum Gasteiger partial charge on any atom is -0.367 e. The highest BCUT2D eigenvalue weighted by atomic mass is 35.5. The second kappa shape index (κ2) is 6.91. The number of rotatable bonds is 4. The zero-order chi connectivity index (χ0) is 18.4. The predicted molar refractivity (Wildman–Crippen MR) is 107 cm³/mol. The van der Waals surface area contributed by atoms with Gasteiger partial charge in [0.15, 0.2) is 11.5 Å². The maximum absolute atomic E-state index is 6.13. The van der Waals surface area contributed by atoms with Gasteiger partial charge in [0, 0.05) is 60.9 Å². The van der Waals surface area contributed by atoms with Crippen LogP contribution in [0.25, 0.3) is 17.0 Å². The van der Waals surface area contributed by atoms with Crippen LogP contribution in [0.2, 0.25) is 10.0 Å². The zero-order valence-electron chi connectivity index (χ0n) is 14.6. The van der Waals surface area contributed by atoms with Crippen LogP contribution in [0.1, 0.15) is 0 Å². The van der Waals surface area contributed by atoms with Crippen LogP contribution in [-0.2, 0) is 0 Å². The molecule has 0 radical (unpaired) electrons. The molecule has 3 aliphatic heterocycles. The maximum Gasteiger partial charge on any atom is 0.185 e. The van der Waals surface area contributed by atoms with Gasteiger partial charge in [0.1, 0.15) is 5.82 Å². The van der Waals surface area contributed by atoms with Gasteiger partial charge in [-0.1, -0.05) is 23.2 Å². The van der Waals surface area contributed by atoms with Crippen molar-refractivity contribution in [2.45, 2.75) is 6.04 Å². The Balaban J connectivity index is 1.40. The fraction of sp³-hybridized carbons (Fsp3) is 0.389. The highest BCUT2D eigenvalue weighted by Crippen LogP contribution is 2.26. The summed E-state index contributed by atoms with van der Waals surface area (Å²) in [5.74, 6) is 1.42. The van der Waals surface area contributed by atoms with Gasteiger partial charge in [-0.3, -0.25) is 9.80 Å². The average Bonchev–Trinajstić information content (AvgIpc) is 3.10. The van der Waals surface area contributed by atoms with Crippen LogP contribution in [0.4, 0.5) is 5.82 Å². The van der Waals surface area contributed by atoms with E-state index in [0.29, 0.717) is 27.6 Å². The van der Waals surface area contributed by atoms with Crippen molar-refractivity contribution in [3.63, 3.8) is 0 Å². The second-order valence-corrected chi connectivity index (χ2v) is 7.91. The zero-order valence-corrected chi connectivity index (χ0v) is 16.2. The van der Waals surface area contributed by atoms with Crippen LogP contribution in [0, 0.1) is 0 Å². The van der Waals surface area contributed by atoms with Gasteiger partial charge in [0.2, 0.25) is 0 Å². The van der Waals surface area contributed by atoms with Crippen LogP contribution in [-0.4, -0.2) is 74.9 Å². The summed E-state index contributed by atoms with van der Waals surface area (Å²) in [5, 5.41) is 17.7. The minimum absolute atomic E-state index is 0.525. The molecule has 1 atom stereocenters. The third kappa shape index (κ3) is 3.36. The Labute approximate surface area is 166 Å². The van der Waals surface area contributed by atoms with Crippen LogP contribution < -0.4 is 5.32 Å². The first-order valence-electron chi connectivity index (χ1n) is 9.05. The van der Waals surface area contributed by atoms with Gasteiger partial charge in [-0.05, 0) is 30.3 Å². The topological polar surface area (TPSA) is 61.6 Å². The van der Waals surface area contributed by atoms with Gasteiger partial charge in [-0.2, -0.15) is 4.52 Å². The Bertz CT molecular complexity index is 961. The van der Waals surface area contributed by atoms with Crippen molar-refractivity contribution in [3.05, 3.63) is 40.4 Å². The summed E-state index contributed by atoms with van der Waals surface area (Å²) >= 11 is 12.3. The monoisotopic (exact) mass is 403 g/mol. The Kier molecular flexibility index (Phi) is 4.40. The first-order valence-corrected chi connectivity index (χ1v) is 9.80. The number of hydrogen-bond acceptors (Lipinski definition) is 6. The normalized spacial score (nSPS) is 24.4. The molecule has 140 valence electrons. The number of aromatic nitrogens is 4. The van der Waals surface area contributed by atoms with Gasteiger partial charge in [0.05, 0.1) is 0 Å². The summed E-state index contributed by atoms with van der Waals surface area (Å²) in [4.78, 5) is 5.09. The molecule has 3 aliphatic rings. The number of anilines is 1. The molecule has 1 unspecified atom stereocenters. The quantitative estimate of drug-likeness (QED) is 0.721.